The van der Waals surface area contributed by atoms with Gasteiger partial charge in [-0.3, -0.25) is 0 Å². The monoisotopic (exact) mass is 448 g/mol. The average Bonchev–Trinajstić information content (AvgIpc) is 3.17. The van der Waals surface area contributed by atoms with E-state index in [1.54, 1.807) is 0 Å². The molecule has 0 bridgehead atoms. The van der Waals surface area contributed by atoms with Crippen molar-refractivity contribution in [2.24, 2.45) is 10.1 Å². The maximum Gasteiger partial charge on any atom is 0.416 e. The Morgan fingerprint density at radius 2 is 2.03 bits per heavy atom. The number of hydrogen-bond acceptors (Lipinski definition) is 5. The fraction of sp³-hybridized carbons (Fsp3) is 0.391. The number of oxime groups is 1. The first-order valence-electron chi connectivity index (χ1n) is 10.3. The van der Waals surface area contributed by atoms with Crippen LogP contribution in [0.15, 0.2) is 52.6 Å². The van der Waals surface area contributed by atoms with E-state index in [-0.39, 0.29) is 12.4 Å². The molecule has 172 valence electrons. The van der Waals surface area contributed by atoms with Gasteiger partial charge >= 0.3 is 6.18 Å². The van der Waals surface area contributed by atoms with E-state index in [0.29, 0.717) is 12.3 Å². The molecule has 0 amide bonds. The topological polar surface area (TPSA) is 49.7 Å². The number of nitrogens with zero attached hydrogens (tertiary/aromatic N) is 4. The summed E-state index contributed by atoms with van der Waals surface area (Å²) in [4.78, 5) is 13.6. The number of rotatable bonds is 9. The standard InChI is InChI=1S/C23H27F3N4O2/c1-4-29(2)16-27-19-8-9-22-17(12-19)10-11-30(22)14-20(28-31-3)15-32-21-7-5-6-18(13-21)23(24,25)26/h5-9,12-13,16H,4,10-11,14-15H2,1-3H3/b27-16+,28-20-. The van der Waals surface area contributed by atoms with Gasteiger partial charge in [0.1, 0.15) is 25.2 Å². The van der Waals surface area contributed by atoms with Crippen LogP contribution in [0, 0.1) is 0 Å². The van der Waals surface area contributed by atoms with Crippen LogP contribution < -0.4 is 9.64 Å². The van der Waals surface area contributed by atoms with E-state index in [2.05, 4.69) is 28.0 Å². The fourth-order valence-electron chi connectivity index (χ4n) is 3.33. The van der Waals surface area contributed by atoms with Crippen LogP contribution in [0.3, 0.4) is 0 Å². The second-order valence-electron chi connectivity index (χ2n) is 7.46. The van der Waals surface area contributed by atoms with Crippen LogP contribution >= 0.6 is 0 Å². The number of ether oxygens (including phenoxy) is 1. The first-order chi connectivity index (χ1) is 15.3. The van der Waals surface area contributed by atoms with Crippen molar-refractivity contribution in [3.05, 3.63) is 53.6 Å². The Kier molecular flexibility index (Phi) is 7.61. The van der Waals surface area contributed by atoms with Crippen LogP contribution in [-0.4, -0.2) is 57.3 Å². The van der Waals surface area contributed by atoms with Gasteiger partial charge in [0.2, 0.25) is 0 Å². The lowest BCUT2D eigenvalue weighted by Crippen LogP contribution is -2.31. The Bertz CT molecular complexity index is 976. The summed E-state index contributed by atoms with van der Waals surface area (Å²) in [6, 6.07) is 10.9. The van der Waals surface area contributed by atoms with Crippen molar-refractivity contribution in [2.75, 3.05) is 45.3 Å². The van der Waals surface area contributed by atoms with Crippen LogP contribution in [-0.2, 0) is 17.4 Å². The van der Waals surface area contributed by atoms with Crippen LogP contribution in [0.25, 0.3) is 0 Å². The zero-order valence-electron chi connectivity index (χ0n) is 18.4. The quantitative estimate of drug-likeness (QED) is 0.315. The number of alkyl halides is 3. The van der Waals surface area contributed by atoms with Gasteiger partial charge in [0.25, 0.3) is 0 Å². The van der Waals surface area contributed by atoms with Gasteiger partial charge < -0.3 is 19.4 Å². The number of aliphatic imine (C=N–C) groups is 1. The summed E-state index contributed by atoms with van der Waals surface area (Å²) in [6.45, 7) is 4.20. The van der Waals surface area contributed by atoms with Crippen LogP contribution in [0.1, 0.15) is 18.1 Å². The number of hydrogen-bond donors (Lipinski definition) is 0. The highest BCUT2D eigenvalue weighted by Gasteiger charge is 2.30. The van der Waals surface area contributed by atoms with Gasteiger partial charge in [-0.05, 0) is 55.3 Å². The minimum atomic E-state index is -4.42. The highest BCUT2D eigenvalue weighted by Crippen LogP contribution is 2.32. The smallest absolute Gasteiger partial charge is 0.416 e. The fourth-order valence-corrected chi connectivity index (χ4v) is 3.33. The molecule has 0 N–H and O–H groups in total. The van der Waals surface area contributed by atoms with Gasteiger partial charge in [0, 0.05) is 25.8 Å². The van der Waals surface area contributed by atoms with Gasteiger partial charge in [0.05, 0.1) is 24.1 Å². The lowest BCUT2D eigenvalue weighted by atomic mass is 10.1. The Labute approximate surface area is 185 Å². The molecule has 0 saturated heterocycles. The maximum absolute atomic E-state index is 12.9. The average molecular weight is 448 g/mol. The summed E-state index contributed by atoms with van der Waals surface area (Å²) in [5, 5.41) is 4.02. The van der Waals surface area contributed by atoms with Crippen molar-refractivity contribution in [1.82, 2.24) is 4.90 Å². The molecule has 1 aliphatic heterocycles. The summed E-state index contributed by atoms with van der Waals surface area (Å²) < 4.78 is 44.3. The Hall–Kier alpha value is -3.23. The van der Waals surface area contributed by atoms with E-state index in [1.165, 1.54) is 24.8 Å². The molecule has 2 aromatic rings. The number of anilines is 1. The summed E-state index contributed by atoms with van der Waals surface area (Å²) in [7, 11) is 3.40. The van der Waals surface area contributed by atoms with Gasteiger partial charge in [-0.15, -0.1) is 0 Å². The van der Waals surface area contributed by atoms with E-state index < -0.39 is 11.7 Å². The molecule has 3 rings (SSSR count). The Morgan fingerprint density at radius 1 is 1.22 bits per heavy atom. The van der Waals surface area contributed by atoms with Gasteiger partial charge in [-0.1, -0.05) is 11.2 Å². The highest BCUT2D eigenvalue weighted by molar-refractivity contribution is 5.90. The van der Waals surface area contributed by atoms with Crippen LogP contribution in [0.5, 0.6) is 5.75 Å². The molecule has 1 heterocycles. The first kappa shape index (κ1) is 23.4. The second kappa shape index (κ2) is 10.4. The molecule has 0 spiro atoms. The zero-order valence-corrected chi connectivity index (χ0v) is 18.4. The molecule has 9 heteroatoms. The van der Waals surface area contributed by atoms with Crippen molar-refractivity contribution in [1.29, 1.82) is 0 Å². The third kappa shape index (κ3) is 6.15. The molecule has 0 saturated carbocycles. The molecule has 0 aliphatic carbocycles. The molecule has 1 aliphatic rings. The molecular weight excluding hydrogens is 421 g/mol. The maximum atomic E-state index is 12.9. The molecule has 2 aromatic carbocycles. The van der Waals surface area contributed by atoms with Crippen molar-refractivity contribution in [3.8, 4) is 5.75 Å². The number of halogens is 3. The molecular formula is C23H27F3N4O2. The van der Waals surface area contributed by atoms with Gasteiger partial charge in [0.15, 0.2) is 0 Å². The minimum Gasteiger partial charge on any atom is -0.487 e. The third-order valence-corrected chi connectivity index (χ3v) is 5.12. The van der Waals surface area contributed by atoms with Crippen molar-refractivity contribution < 1.29 is 22.7 Å². The normalized spacial score (nSPS) is 14.1. The summed E-state index contributed by atoms with van der Waals surface area (Å²) in [6.07, 6.45) is -1.74. The minimum absolute atomic E-state index is 0.0205. The third-order valence-electron chi connectivity index (χ3n) is 5.12. The molecule has 0 atom stereocenters. The van der Waals surface area contributed by atoms with Crippen LogP contribution in [0.4, 0.5) is 24.5 Å². The predicted octanol–water partition coefficient (Wildman–Crippen LogP) is 4.76. The zero-order chi connectivity index (χ0) is 23.1. The molecule has 0 radical (unpaired) electrons. The molecule has 6 nitrogen and oxygen atoms in total. The van der Waals surface area contributed by atoms with E-state index in [1.807, 2.05) is 30.4 Å². The molecule has 0 unspecified atom stereocenters. The second-order valence-corrected chi connectivity index (χ2v) is 7.46. The van der Waals surface area contributed by atoms with E-state index in [0.717, 1.165) is 43.0 Å². The lowest BCUT2D eigenvalue weighted by molar-refractivity contribution is -0.137. The van der Waals surface area contributed by atoms with Crippen molar-refractivity contribution >= 4 is 23.4 Å². The number of benzene rings is 2. The van der Waals surface area contributed by atoms with E-state index in [4.69, 9.17) is 9.57 Å². The molecule has 0 aromatic heterocycles. The summed E-state index contributed by atoms with van der Waals surface area (Å²) in [5.74, 6) is 0.130. The summed E-state index contributed by atoms with van der Waals surface area (Å²) in [5.41, 5.74) is 2.98. The largest absolute Gasteiger partial charge is 0.487 e. The van der Waals surface area contributed by atoms with Gasteiger partial charge in [-0.2, -0.15) is 13.2 Å². The summed E-state index contributed by atoms with van der Waals surface area (Å²) >= 11 is 0. The highest BCUT2D eigenvalue weighted by atomic mass is 19.4. The first-order valence-corrected chi connectivity index (χ1v) is 10.3. The van der Waals surface area contributed by atoms with Crippen molar-refractivity contribution in [2.45, 2.75) is 19.5 Å². The molecule has 0 fully saturated rings. The predicted molar refractivity (Wildman–Crippen MR) is 120 cm³/mol. The Morgan fingerprint density at radius 3 is 2.75 bits per heavy atom. The van der Waals surface area contributed by atoms with E-state index >= 15 is 0 Å². The molecule has 32 heavy (non-hydrogen) atoms. The van der Waals surface area contributed by atoms with Crippen molar-refractivity contribution in [3.63, 3.8) is 0 Å². The number of fused-ring (bicyclic) bond motifs is 1. The SMILES string of the molecule is CCN(C)/C=N/c1ccc2c(c1)CCN2C/C(COc1cccc(C(F)(F)F)c1)=N/OC. The van der Waals surface area contributed by atoms with Gasteiger partial charge in [-0.25, -0.2) is 4.99 Å². The Balaban J connectivity index is 1.66. The lowest BCUT2D eigenvalue weighted by Gasteiger charge is -2.20. The van der Waals surface area contributed by atoms with Crippen LogP contribution in [0.2, 0.25) is 0 Å². The van der Waals surface area contributed by atoms with E-state index in [9.17, 15) is 13.2 Å².